The minimum Gasteiger partial charge on any atom is -0.390 e. The van der Waals surface area contributed by atoms with Crippen LogP contribution in [-0.2, 0) is 25.9 Å². The second-order valence-corrected chi connectivity index (χ2v) is 6.39. The maximum absolute atomic E-state index is 10.5. The van der Waals surface area contributed by atoms with E-state index < -0.39 is 11.6 Å². The van der Waals surface area contributed by atoms with E-state index in [1.54, 1.807) is 0 Å². The van der Waals surface area contributed by atoms with Gasteiger partial charge in [-0.1, -0.05) is 48.5 Å². The normalized spacial score (nSPS) is 13.0. The number of rotatable bonds is 8. The maximum Gasteiger partial charge on any atom is 0.0848 e. The lowest BCUT2D eigenvalue weighted by atomic mass is 9.80. The number of nitrogens with two attached hydrogens (primary N) is 4. The van der Waals surface area contributed by atoms with Crippen LogP contribution in [0.25, 0.3) is 0 Å². The van der Waals surface area contributed by atoms with E-state index >= 15 is 0 Å². The number of hydrogen-bond donors (Lipinski definition) is 5. The lowest BCUT2D eigenvalue weighted by Crippen LogP contribution is -2.57. The van der Waals surface area contributed by atoms with Gasteiger partial charge in [-0.15, -0.1) is 0 Å². The quantitative estimate of drug-likeness (QED) is 0.480. The first kappa shape index (κ1) is 18.6. The van der Waals surface area contributed by atoms with E-state index in [-0.39, 0.29) is 6.54 Å². The molecule has 0 bridgehead atoms. The first-order chi connectivity index (χ1) is 11.5. The topological polar surface area (TPSA) is 124 Å². The second kappa shape index (κ2) is 8.37. The average molecular weight is 328 g/mol. The molecule has 0 heterocycles. The molecule has 2 aromatic rings. The molecule has 0 aliphatic heterocycles. The highest BCUT2D eigenvalue weighted by atomic mass is 16.3. The van der Waals surface area contributed by atoms with Gasteiger partial charge in [-0.05, 0) is 35.1 Å². The summed E-state index contributed by atoms with van der Waals surface area (Å²) in [5, 5.41) is 10.5. The highest BCUT2D eigenvalue weighted by molar-refractivity contribution is 5.29. The molecule has 1 atom stereocenters. The van der Waals surface area contributed by atoms with E-state index in [2.05, 4.69) is 0 Å². The third-order valence-corrected chi connectivity index (χ3v) is 4.41. The number of hydrogen-bond acceptors (Lipinski definition) is 5. The Balaban J connectivity index is 2.27. The highest BCUT2D eigenvalue weighted by Gasteiger charge is 2.33. The van der Waals surface area contributed by atoms with Crippen molar-refractivity contribution in [3.63, 3.8) is 0 Å². The van der Waals surface area contributed by atoms with Gasteiger partial charge in [0.15, 0.2) is 0 Å². The van der Waals surface area contributed by atoms with Gasteiger partial charge in [-0.3, -0.25) is 0 Å². The predicted octanol–water partition coefficient (Wildman–Crippen LogP) is 0.406. The second-order valence-electron chi connectivity index (χ2n) is 6.39. The molecular formula is C19H28N4O. The molecule has 0 fully saturated rings. The third-order valence-electron chi connectivity index (χ3n) is 4.41. The van der Waals surface area contributed by atoms with E-state index in [1.165, 1.54) is 0 Å². The van der Waals surface area contributed by atoms with Gasteiger partial charge >= 0.3 is 0 Å². The van der Waals surface area contributed by atoms with Crippen LogP contribution in [0, 0.1) is 0 Å². The first-order valence-electron chi connectivity index (χ1n) is 8.23. The summed E-state index contributed by atoms with van der Waals surface area (Å²) in [7, 11) is 0. The number of benzene rings is 2. The zero-order chi connectivity index (χ0) is 17.6. The van der Waals surface area contributed by atoms with Gasteiger partial charge in [0.1, 0.15) is 0 Å². The predicted molar refractivity (Wildman–Crippen MR) is 98.1 cm³/mol. The lowest BCUT2D eigenvalue weighted by molar-refractivity contribution is 0.0904. The fourth-order valence-corrected chi connectivity index (χ4v) is 3.03. The van der Waals surface area contributed by atoms with Crippen LogP contribution < -0.4 is 22.9 Å². The summed E-state index contributed by atoms with van der Waals surface area (Å²) in [4.78, 5) is 0. The summed E-state index contributed by atoms with van der Waals surface area (Å²) < 4.78 is 0. The zero-order valence-corrected chi connectivity index (χ0v) is 14.0. The van der Waals surface area contributed by atoms with Crippen molar-refractivity contribution in [2.75, 3.05) is 6.54 Å². The van der Waals surface area contributed by atoms with E-state index in [1.807, 2.05) is 48.5 Å². The zero-order valence-electron chi connectivity index (χ0n) is 14.0. The van der Waals surface area contributed by atoms with Gasteiger partial charge in [0.2, 0.25) is 0 Å². The summed E-state index contributed by atoms with van der Waals surface area (Å²) in [6.45, 7) is 1.07. The molecule has 0 spiro atoms. The van der Waals surface area contributed by atoms with Crippen LogP contribution in [0.4, 0.5) is 0 Å². The Morgan fingerprint density at radius 1 is 0.792 bits per heavy atom. The Morgan fingerprint density at radius 2 is 1.21 bits per heavy atom. The van der Waals surface area contributed by atoms with Crippen LogP contribution in [0.3, 0.4) is 0 Å². The van der Waals surface area contributed by atoms with Gasteiger partial charge in [0.25, 0.3) is 0 Å². The summed E-state index contributed by atoms with van der Waals surface area (Å²) >= 11 is 0. The molecular weight excluding hydrogens is 300 g/mol. The Morgan fingerprint density at radius 3 is 1.58 bits per heavy atom. The molecule has 0 aliphatic rings. The molecule has 0 amide bonds. The fourth-order valence-electron chi connectivity index (χ4n) is 3.03. The summed E-state index contributed by atoms with van der Waals surface area (Å²) in [6.07, 6.45) is 0.235. The van der Waals surface area contributed by atoms with Gasteiger partial charge in [0, 0.05) is 19.6 Å². The van der Waals surface area contributed by atoms with Gasteiger partial charge in [0.05, 0.1) is 11.6 Å². The Labute approximate surface area is 143 Å². The monoisotopic (exact) mass is 328 g/mol. The number of aliphatic hydroxyl groups is 1. The van der Waals surface area contributed by atoms with Crippen LogP contribution in [-0.4, -0.2) is 23.3 Å². The third kappa shape index (κ3) is 4.63. The van der Waals surface area contributed by atoms with Crippen molar-refractivity contribution < 1.29 is 5.11 Å². The number of aliphatic hydroxyl groups excluding tert-OH is 1. The van der Waals surface area contributed by atoms with Crippen LogP contribution in [0.1, 0.15) is 22.3 Å². The molecule has 5 nitrogen and oxygen atoms in total. The average Bonchev–Trinajstić information content (AvgIpc) is 2.61. The van der Waals surface area contributed by atoms with Crippen LogP contribution in [0.5, 0.6) is 0 Å². The molecule has 0 saturated carbocycles. The van der Waals surface area contributed by atoms with Crippen LogP contribution >= 0.6 is 0 Å². The van der Waals surface area contributed by atoms with Crippen molar-refractivity contribution in [1.82, 2.24) is 0 Å². The SMILES string of the molecule is NCc1cccc(CC(N)(Cc2cccc(CN)c2)C(O)CN)c1. The van der Waals surface area contributed by atoms with Crippen molar-refractivity contribution in [2.24, 2.45) is 22.9 Å². The van der Waals surface area contributed by atoms with Gasteiger partial charge < -0.3 is 28.0 Å². The molecule has 1 unspecified atom stereocenters. The molecule has 2 rings (SSSR count). The van der Waals surface area contributed by atoms with Gasteiger partial charge in [-0.25, -0.2) is 0 Å². The van der Waals surface area contributed by atoms with Crippen molar-refractivity contribution >= 4 is 0 Å². The van der Waals surface area contributed by atoms with Gasteiger partial charge in [-0.2, -0.15) is 0 Å². The smallest absolute Gasteiger partial charge is 0.0848 e. The molecule has 5 heteroatoms. The fraction of sp³-hybridized carbons (Fsp3) is 0.368. The Kier molecular flexibility index (Phi) is 6.48. The van der Waals surface area contributed by atoms with E-state index in [4.69, 9.17) is 22.9 Å². The summed E-state index contributed by atoms with van der Waals surface area (Å²) in [6, 6.07) is 15.9. The summed E-state index contributed by atoms with van der Waals surface area (Å²) in [5.41, 5.74) is 27.1. The summed E-state index contributed by atoms with van der Waals surface area (Å²) in [5.74, 6) is 0. The van der Waals surface area contributed by atoms with Crippen molar-refractivity contribution in [3.8, 4) is 0 Å². The molecule has 24 heavy (non-hydrogen) atoms. The van der Waals surface area contributed by atoms with E-state index in [9.17, 15) is 5.11 Å². The molecule has 0 radical (unpaired) electrons. The minimum absolute atomic E-state index is 0.115. The van der Waals surface area contributed by atoms with Crippen molar-refractivity contribution in [3.05, 3.63) is 70.8 Å². The molecule has 130 valence electrons. The molecule has 0 saturated heterocycles. The van der Waals surface area contributed by atoms with E-state index in [0.717, 1.165) is 22.3 Å². The molecule has 2 aromatic carbocycles. The molecule has 0 aromatic heterocycles. The largest absolute Gasteiger partial charge is 0.390 e. The van der Waals surface area contributed by atoms with Crippen molar-refractivity contribution in [1.29, 1.82) is 0 Å². The van der Waals surface area contributed by atoms with Crippen LogP contribution in [0.2, 0.25) is 0 Å². The van der Waals surface area contributed by atoms with E-state index in [0.29, 0.717) is 25.9 Å². The maximum atomic E-state index is 10.5. The first-order valence-corrected chi connectivity index (χ1v) is 8.23. The standard InChI is InChI=1S/C19H28N4O/c20-11-16-5-1-3-14(7-16)9-19(23,18(24)13-22)10-15-4-2-6-17(8-15)12-21/h1-8,18,24H,9-13,20-23H2. The Bertz CT molecular complexity index is 610. The molecule has 9 N–H and O–H groups in total. The lowest BCUT2D eigenvalue weighted by Gasteiger charge is -2.34. The van der Waals surface area contributed by atoms with Crippen molar-refractivity contribution in [2.45, 2.75) is 37.6 Å². The van der Waals surface area contributed by atoms with Crippen LogP contribution in [0.15, 0.2) is 48.5 Å². The highest BCUT2D eigenvalue weighted by Crippen LogP contribution is 2.22. The molecule has 0 aliphatic carbocycles. The Hall–Kier alpha value is -1.76. The minimum atomic E-state index is -0.852.